The maximum absolute atomic E-state index is 12.8. The van der Waals surface area contributed by atoms with E-state index in [0.717, 1.165) is 10.9 Å². The molecule has 1 aromatic heterocycles. The highest BCUT2D eigenvalue weighted by atomic mass is 16.6. The van der Waals surface area contributed by atoms with Gasteiger partial charge in [-0.25, -0.2) is 4.79 Å². The molecule has 3 rings (SSSR count). The molecule has 158 valence electrons. The largest absolute Gasteiger partial charge is 0.449 e. The minimum absolute atomic E-state index is 0.00207. The Balaban J connectivity index is 1.79. The van der Waals surface area contributed by atoms with Crippen molar-refractivity contribution >= 4 is 22.7 Å². The zero-order chi connectivity index (χ0) is 21.9. The average molecular weight is 408 g/mol. The number of esters is 1. The van der Waals surface area contributed by atoms with Crippen molar-refractivity contribution in [3.63, 3.8) is 0 Å². The quantitative estimate of drug-likeness (QED) is 0.371. The van der Waals surface area contributed by atoms with Crippen molar-refractivity contribution in [2.75, 3.05) is 6.61 Å². The molecule has 0 bridgehead atoms. The smallest absolute Gasteiger partial charge is 0.375 e. The van der Waals surface area contributed by atoms with E-state index >= 15 is 0 Å². The van der Waals surface area contributed by atoms with Gasteiger partial charge in [-0.2, -0.15) is 0 Å². The van der Waals surface area contributed by atoms with E-state index in [2.05, 4.69) is 20.8 Å². The topological polar surface area (TPSA) is 65.7 Å². The molecule has 2 aromatic carbocycles. The number of hydrogen-bond acceptors (Lipinski definition) is 5. The number of furan rings is 1. The lowest BCUT2D eigenvalue weighted by Gasteiger charge is -2.19. The molecule has 0 unspecified atom stereocenters. The van der Waals surface area contributed by atoms with Crippen LogP contribution < -0.4 is 0 Å². The Morgan fingerprint density at radius 2 is 1.70 bits per heavy atom. The minimum Gasteiger partial charge on any atom is -0.449 e. The first-order chi connectivity index (χ1) is 14.2. The summed E-state index contributed by atoms with van der Waals surface area (Å²) >= 11 is 0. The van der Waals surface area contributed by atoms with Crippen LogP contribution >= 0.6 is 0 Å². The lowest BCUT2D eigenvalue weighted by atomic mass is 9.86. The van der Waals surface area contributed by atoms with Crippen LogP contribution in [0.2, 0.25) is 0 Å². The third kappa shape index (κ3) is 4.62. The molecule has 0 amide bonds. The molecule has 0 fully saturated rings. The van der Waals surface area contributed by atoms with Gasteiger partial charge in [0.05, 0.1) is 6.61 Å². The number of para-hydroxylation sites is 1. The summed E-state index contributed by atoms with van der Waals surface area (Å²) in [6, 6.07) is 14.8. The first-order valence-corrected chi connectivity index (χ1v) is 10.2. The summed E-state index contributed by atoms with van der Waals surface area (Å²) in [6.07, 6.45) is -0.939. The van der Waals surface area contributed by atoms with Gasteiger partial charge in [0, 0.05) is 23.1 Å². The van der Waals surface area contributed by atoms with Crippen molar-refractivity contribution in [1.29, 1.82) is 0 Å². The van der Waals surface area contributed by atoms with E-state index in [4.69, 9.17) is 13.9 Å². The maximum Gasteiger partial charge on any atom is 0.375 e. The molecule has 5 heteroatoms. The lowest BCUT2D eigenvalue weighted by molar-refractivity contribution is 0.0285. The Morgan fingerprint density at radius 1 is 1.03 bits per heavy atom. The van der Waals surface area contributed by atoms with E-state index in [1.807, 2.05) is 37.3 Å². The van der Waals surface area contributed by atoms with Crippen LogP contribution in [0.5, 0.6) is 0 Å². The standard InChI is InChI=1S/C25H28O5/c1-6-28-15-20-19-9-7-8-10-21(19)30-23(20)24(27)29-16(2)22(26)17-11-13-18(14-12-17)25(3,4)5/h7-14,16H,6,15H2,1-5H3/t16-/m1/s1. The molecule has 5 nitrogen and oxygen atoms in total. The molecule has 0 saturated heterocycles. The van der Waals surface area contributed by atoms with Gasteiger partial charge in [0.2, 0.25) is 11.5 Å². The van der Waals surface area contributed by atoms with Crippen LogP contribution in [-0.4, -0.2) is 24.5 Å². The molecule has 0 N–H and O–H groups in total. The van der Waals surface area contributed by atoms with E-state index in [1.165, 1.54) is 0 Å². The SMILES string of the molecule is CCOCc1c(C(=O)O[C@H](C)C(=O)c2ccc(C(C)(C)C)cc2)oc2ccccc12. The molecule has 0 aliphatic rings. The van der Waals surface area contributed by atoms with Crippen LogP contribution in [0, 0.1) is 0 Å². The fourth-order valence-electron chi connectivity index (χ4n) is 3.25. The lowest BCUT2D eigenvalue weighted by Crippen LogP contribution is -2.25. The predicted molar refractivity (Wildman–Crippen MR) is 116 cm³/mol. The van der Waals surface area contributed by atoms with E-state index < -0.39 is 12.1 Å². The van der Waals surface area contributed by atoms with Gasteiger partial charge in [0.15, 0.2) is 6.10 Å². The van der Waals surface area contributed by atoms with Gasteiger partial charge < -0.3 is 13.9 Å². The van der Waals surface area contributed by atoms with Gasteiger partial charge >= 0.3 is 5.97 Å². The summed E-state index contributed by atoms with van der Waals surface area (Å²) < 4.78 is 16.7. The summed E-state index contributed by atoms with van der Waals surface area (Å²) in [4.78, 5) is 25.6. The molecule has 0 saturated carbocycles. The summed E-state index contributed by atoms with van der Waals surface area (Å²) in [5.74, 6) is -0.855. The van der Waals surface area contributed by atoms with Crippen molar-refractivity contribution in [2.24, 2.45) is 0 Å². The summed E-state index contributed by atoms with van der Waals surface area (Å²) in [6.45, 7) is 10.5. The highest BCUT2D eigenvalue weighted by Crippen LogP contribution is 2.28. The number of hydrogen-bond donors (Lipinski definition) is 0. The van der Waals surface area contributed by atoms with E-state index in [1.54, 1.807) is 25.1 Å². The highest BCUT2D eigenvalue weighted by Gasteiger charge is 2.26. The third-order valence-corrected chi connectivity index (χ3v) is 5.02. The van der Waals surface area contributed by atoms with E-state index in [9.17, 15) is 9.59 Å². The number of Topliss-reactive ketones (excluding diaryl/α,β-unsaturated/α-hetero) is 1. The molecular weight excluding hydrogens is 380 g/mol. The number of fused-ring (bicyclic) bond motifs is 1. The second-order valence-electron chi connectivity index (χ2n) is 8.28. The van der Waals surface area contributed by atoms with Crippen molar-refractivity contribution < 1.29 is 23.5 Å². The number of ether oxygens (including phenoxy) is 2. The maximum atomic E-state index is 12.8. The minimum atomic E-state index is -0.939. The van der Waals surface area contributed by atoms with Gasteiger partial charge in [0.25, 0.3) is 0 Å². The average Bonchev–Trinajstić information content (AvgIpc) is 3.09. The van der Waals surface area contributed by atoms with Crippen LogP contribution in [0.25, 0.3) is 11.0 Å². The molecule has 1 atom stereocenters. The Bertz CT molecular complexity index is 1040. The number of ketones is 1. The number of rotatable bonds is 7. The van der Waals surface area contributed by atoms with Gasteiger partial charge in [-0.15, -0.1) is 0 Å². The summed E-state index contributed by atoms with van der Waals surface area (Å²) in [5.41, 5.74) is 2.84. The molecule has 0 radical (unpaired) electrons. The van der Waals surface area contributed by atoms with Crippen molar-refractivity contribution in [3.05, 3.63) is 71.0 Å². The van der Waals surface area contributed by atoms with Crippen molar-refractivity contribution in [1.82, 2.24) is 0 Å². The summed E-state index contributed by atoms with van der Waals surface area (Å²) in [5, 5.41) is 0.801. The Labute approximate surface area is 177 Å². The predicted octanol–water partition coefficient (Wildman–Crippen LogP) is 5.70. The molecular formula is C25H28O5. The van der Waals surface area contributed by atoms with Crippen LogP contribution in [0.15, 0.2) is 52.9 Å². The van der Waals surface area contributed by atoms with Gasteiger partial charge in [-0.1, -0.05) is 63.2 Å². The zero-order valence-corrected chi connectivity index (χ0v) is 18.2. The molecule has 0 spiro atoms. The van der Waals surface area contributed by atoms with Crippen molar-refractivity contribution in [2.45, 2.75) is 52.7 Å². The number of carbonyl (C=O) groups excluding carboxylic acids is 2. The van der Waals surface area contributed by atoms with Crippen molar-refractivity contribution in [3.8, 4) is 0 Å². The first kappa shape index (κ1) is 21.8. The van der Waals surface area contributed by atoms with Crippen LogP contribution in [-0.2, 0) is 21.5 Å². The third-order valence-electron chi connectivity index (χ3n) is 5.02. The first-order valence-electron chi connectivity index (χ1n) is 10.2. The van der Waals surface area contributed by atoms with Crippen LogP contribution in [0.3, 0.4) is 0 Å². The van der Waals surface area contributed by atoms with Gasteiger partial charge in [0.1, 0.15) is 5.58 Å². The zero-order valence-electron chi connectivity index (χ0n) is 18.2. The molecule has 0 aliphatic heterocycles. The summed E-state index contributed by atoms with van der Waals surface area (Å²) in [7, 11) is 0. The normalized spacial score (nSPS) is 12.7. The van der Waals surface area contributed by atoms with E-state index in [0.29, 0.717) is 23.3 Å². The molecule has 1 heterocycles. The molecule has 3 aromatic rings. The number of benzene rings is 2. The highest BCUT2D eigenvalue weighted by molar-refractivity contribution is 6.02. The molecule has 0 aliphatic carbocycles. The van der Waals surface area contributed by atoms with Gasteiger partial charge in [-0.3, -0.25) is 4.79 Å². The Morgan fingerprint density at radius 3 is 2.33 bits per heavy atom. The molecule has 30 heavy (non-hydrogen) atoms. The second-order valence-corrected chi connectivity index (χ2v) is 8.28. The fourth-order valence-corrected chi connectivity index (χ4v) is 3.25. The monoisotopic (exact) mass is 408 g/mol. The Kier molecular flexibility index (Phi) is 6.42. The van der Waals surface area contributed by atoms with E-state index in [-0.39, 0.29) is 23.6 Å². The second kappa shape index (κ2) is 8.84. The Hall–Kier alpha value is -2.92. The van der Waals surface area contributed by atoms with Crippen LogP contribution in [0.1, 0.15) is 66.7 Å². The van der Waals surface area contributed by atoms with Gasteiger partial charge in [-0.05, 0) is 30.9 Å². The van der Waals surface area contributed by atoms with Crippen LogP contribution in [0.4, 0.5) is 0 Å². The fraction of sp³-hybridized carbons (Fsp3) is 0.360. The number of carbonyl (C=O) groups is 2.